The zero-order valence-corrected chi connectivity index (χ0v) is 18.4. The van der Waals surface area contributed by atoms with E-state index in [1.165, 1.54) is 26.4 Å². The summed E-state index contributed by atoms with van der Waals surface area (Å²) >= 11 is 7.60. The van der Waals surface area contributed by atoms with Gasteiger partial charge in [-0.05, 0) is 18.2 Å². The van der Waals surface area contributed by atoms with Crippen molar-refractivity contribution in [1.82, 2.24) is 9.88 Å². The number of halogens is 1. The lowest BCUT2D eigenvalue weighted by Crippen LogP contribution is -2.48. The van der Waals surface area contributed by atoms with Gasteiger partial charge < -0.3 is 19.3 Å². The van der Waals surface area contributed by atoms with Gasteiger partial charge in [-0.3, -0.25) is 14.9 Å². The van der Waals surface area contributed by atoms with Gasteiger partial charge in [0.05, 0.1) is 35.4 Å². The van der Waals surface area contributed by atoms with Crippen molar-refractivity contribution in [3.8, 4) is 11.5 Å². The number of hydrogen-bond acceptors (Lipinski definition) is 8. The third kappa shape index (κ3) is 4.08. The first kappa shape index (κ1) is 21.1. The Labute approximate surface area is 186 Å². The number of carbonyl (C=O) groups is 1. The minimum Gasteiger partial charge on any atom is -0.493 e. The molecule has 11 heteroatoms. The van der Waals surface area contributed by atoms with Crippen LogP contribution in [-0.2, 0) is 0 Å². The van der Waals surface area contributed by atoms with E-state index in [4.69, 9.17) is 21.1 Å². The molecule has 1 fully saturated rings. The molecule has 1 amide bonds. The Morgan fingerprint density at radius 2 is 1.81 bits per heavy atom. The van der Waals surface area contributed by atoms with Crippen molar-refractivity contribution in [1.29, 1.82) is 0 Å². The number of anilines is 1. The molecular weight excluding hydrogens is 444 g/mol. The van der Waals surface area contributed by atoms with Gasteiger partial charge in [-0.2, -0.15) is 0 Å². The average molecular weight is 463 g/mol. The second kappa shape index (κ2) is 8.56. The van der Waals surface area contributed by atoms with E-state index in [1.54, 1.807) is 22.3 Å². The van der Waals surface area contributed by atoms with E-state index in [0.717, 1.165) is 15.3 Å². The SMILES string of the molecule is COc1cc(C(=O)N2CCN(c3nc4ccc(Cl)cc4s3)CC2)c([N+](=O)[O-])cc1OC. The molecule has 2 aromatic carbocycles. The van der Waals surface area contributed by atoms with E-state index in [1.807, 2.05) is 12.1 Å². The van der Waals surface area contributed by atoms with Crippen LogP contribution < -0.4 is 14.4 Å². The smallest absolute Gasteiger partial charge is 0.286 e. The van der Waals surface area contributed by atoms with Gasteiger partial charge in [-0.15, -0.1) is 0 Å². The van der Waals surface area contributed by atoms with Crippen LogP contribution in [0.15, 0.2) is 30.3 Å². The summed E-state index contributed by atoms with van der Waals surface area (Å²) in [6.45, 7) is 1.97. The Morgan fingerprint density at radius 1 is 1.13 bits per heavy atom. The van der Waals surface area contributed by atoms with Crippen LogP contribution >= 0.6 is 22.9 Å². The lowest BCUT2D eigenvalue weighted by atomic mass is 10.1. The number of aromatic nitrogens is 1. The summed E-state index contributed by atoms with van der Waals surface area (Å²) in [6.07, 6.45) is 0. The van der Waals surface area contributed by atoms with E-state index in [0.29, 0.717) is 31.2 Å². The highest BCUT2D eigenvalue weighted by Gasteiger charge is 2.30. The summed E-state index contributed by atoms with van der Waals surface area (Å²) in [5, 5.41) is 13.1. The molecule has 31 heavy (non-hydrogen) atoms. The standard InChI is InChI=1S/C20H19ClN4O5S/c1-29-16-10-13(15(25(27)28)11-17(16)30-2)19(26)23-5-7-24(8-6-23)20-22-14-4-3-12(21)9-18(14)31-20/h3-4,9-11H,5-8H2,1-2H3. The van der Waals surface area contributed by atoms with Crippen LogP contribution in [0.25, 0.3) is 10.2 Å². The van der Waals surface area contributed by atoms with Crippen LogP contribution in [0, 0.1) is 10.1 Å². The third-order valence-corrected chi connectivity index (χ3v) is 6.42. The summed E-state index contributed by atoms with van der Waals surface area (Å²) in [5.74, 6) is 0.0538. The van der Waals surface area contributed by atoms with E-state index in [2.05, 4.69) is 9.88 Å². The third-order valence-electron chi connectivity index (χ3n) is 5.11. The Morgan fingerprint density at radius 3 is 2.45 bits per heavy atom. The number of piperazine rings is 1. The number of thiazole rings is 1. The molecule has 4 rings (SSSR count). The fraction of sp³-hybridized carbons (Fsp3) is 0.300. The maximum absolute atomic E-state index is 13.1. The van der Waals surface area contributed by atoms with Crippen LogP contribution in [0.4, 0.5) is 10.8 Å². The van der Waals surface area contributed by atoms with Crippen molar-refractivity contribution in [2.45, 2.75) is 0 Å². The molecule has 0 saturated carbocycles. The number of nitrogens with zero attached hydrogens (tertiary/aromatic N) is 4. The molecular formula is C20H19ClN4O5S. The molecule has 0 atom stereocenters. The van der Waals surface area contributed by atoms with Crippen LogP contribution in [-0.4, -0.2) is 61.1 Å². The van der Waals surface area contributed by atoms with E-state index < -0.39 is 10.8 Å². The molecule has 3 aromatic rings. The first-order valence-corrected chi connectivity index (χ1v) is 10.6. The van der Waals surface area contributed by atoms with Gasteiger partial charge in [0.1, 0.15) is 5.56 Å². The van der Waals surface area contributed by atoms with E-state index in [9.17, 15) is 14.9 Å². The number of benzene rings is 2. The van der Waals surface area contributed by atoms with Crippen LogP contribution in [0.2, 0.25) is 5.02 Å². The molecule has 0 unspecified atom stereocenters. The minimum atomic E-state index is -0.586. The maximum Gasteiger partial charge on any atom is 0.286 e. The normalized spacial score (nSPS) is 14.0. The average Bonchev–Trinajstić information content (AvgIpc) is 3.20. The number of amides is 1. The van der Waals surface area contributed by atoms with Crippen LogP contribution in [0.5, 0.6) is 11.5 Å². The van der Waals surface area contributed by atoms with Crippen molar-refractivity contribution in [2.75, 3.05) is 45.3 Å². The highest BCUT2D eigenvalue weighted by Crippen LogP contribution is 2.36. The van der Waals surface area contributed by atoms with Gasteiger partial charge in [0, 0.05) is 37.3 Å². The largest absolute Gasteiger partial charge is 0.493 e. The van der Waals surface area contributed by atoms with Gasteiger partial charge in [0.25, 0.3) is 11.6 Å². The Balaban J connectivity index is 1.53. The summed E-state index contributed by atoms with van der Waals surface area (Å²) in [5.41, 5.74) is 0.544. The summed E-state index contributed by atoms with van der Waals surface area (Å²) < 4.78 is 11.3. The van der Waals surface area contributed by atoms with Gasteiger partial charge in [0.2, 0.25) is 0 Å². The van der Waals surface area contributed by atoms with Gasteiger partial charge in [-0.1, -0.05) is 22.9 Å². The number of nitro benzene ring substituents is 1. The highest BCUT2D eigenvalue weighted by molar-refractivity contribution is 7.22. The molecule has 0 spiro atoms. The van der Waals surface area contributed by atoms with Crippen molar-refractivity contribution in [3.63, 3.8) is 0 Å². The number of hydrogen-bond donors (Lipinski definition) is 0. The van der Waals surface area contributed by atoms with Crippen molar-refractivity contribution in [2.24, 2.45) is 0 Å². The number of carbonyl (C=O) groups excluding carboxylic acids is 1. The molecule has 0 aliphatic carbocycles. The predicted octanol–water partition coefficient (Wildman–Crippen LogP) is 3.84. The Bertz CT molecular complexity index is 1160. The molecule has 0 radical (unpaired) electrons. The monoisotopic (exact) mass is 462 g/mol. The number of methoxy groups -OCH3 is 2. The quantitative estimate of drug-likeness (QED) is 0.419. The number of ether oxygens (including phenoxy) is 2. The van der Waals surface area contributed by atoms with Crippen molar-refractivity contribution in [3.05, 3.63) is 51.0 Å². The van der Waals surface area contributed by atoms with Crippen LogP contribution in [0.1, 0.15) is 10.4 Å². The second-order valence-electron chi connectivity index (χ2n) is 6.87. The highest BCUT2D eigenvalue weighted by atomic mass is 35.5. The van der Waals surface area contributed by atoms with Gasteiger partial charge in [-0.25, -0.2) is 4.98 Å². The molecule has 162 valence electrons. The van der Waals surface area contributed by atoms with Crippen LogP contribution in [0.3, 0.4) is 0 Å². The Hall–Kier alpha value is -3.11. The summed E-state index contributed by atoms with van der Waals surface area (Å²) in [7, 11) is 2.81. The number of rotatable bonds is 5. The number of fused-ring (bicyclic) bond motifs is 1. The summed E-state index contributed by atoms with van der Waals surface area (Å²) in [6, 6.07) is 8.15. The predicted molar refractivity (Wildman–Crippen MR) is 119 cm³/mol. The lowest BCUT2D eigenvalue weighted by molar-refractivity contribution is -0.385. The first-order chi connectivity index (χ1) is 14.9. The topological polar surface area (TPSA) is 98.0 Å². The molecule has 9 nitrogen and oxygen atoms in total. The first-order valence-electron chi connectivity index (χ1n) is 9.42. The molecule has 1 aliphatic heterocycles. The molecule has 1 saturated heterocycles. The maximum atomic E-state index is 13.1. The molecule has 0 N–H and O–H groups in total. The lowest BCUT2D eigenvalue weighted by Gasteiger charge is -2.34. The number of nitro groups is 1. The zero-order valence-electron chi connectivity index (χ0n) is 16.8. The fourth-order valence-corrected chi connectivity index (χ4v) is 4.78. The molecule has 2 heterocycles. The van der Waals surface area contributed by atoms with E-state index >= 15 is 0 Å². The minimum absolute atomic E-state index is 0.0225. The van der Waals surface area contributed by atoms with Gasteiger partial charge in [0.15, 0.2) is 16.6 Å². The molecule has 1 aliphatic rings. The Kier molecular flexibility index (Phi) is 5.84. The van der Waals surface area contributed by atoms with Gasteiger partial charge >= 0.3 is 0 Å². The molecule has 0 bridgehead atoms. The zero-order chi connectivity index (χ0) is 22.1. The fourth-order valence-electron chi connectivity index (χ4n) is 3.48. The van der Waals surface area contributed by atoms with Crippen molar-refractivity contribution < 1.29 is 19.2 Å². The van der Waals surface area contributed by atoms with Crippen molar-refractivity contribution >= 4 is 49.9 Å². The van der Waals surface area contributed by atoms with E-state index in [-0.39, 0.29) is 22.7 Å². The molecule has 1 aromatic heterocycles. The second-order valence-corrected chi connectivity index (χ2v) is 8.31. The summed E-state index contributed by atoms with van der Waals surface area (Å²) in [4.78, 5) is 32.4.